The maximum absolute atomic E-state index is 12.3. The molecule has 0 spiro atoms. The third kappa shape index (κ3) is 4.97. The molecule has 26 heavy (non-hydrogen) atoms. The van der Waals surface area contributed by atoms with Crippen LogP contribution in [0.5, 0.6) is 0 Å². The molecule has 2 aromatic carbocycles. The zero-order chi connectivity index (χ0) is 19.5. The summed E-state index contributed by atoms with van der Waals surface area (Å²) in [6, 6.07) is 8.42. The number of sulfone groups is 1. The third-order valence-electron chi connectivity index (χ3n) is 3.43. The fourth-order valence-corrected chi connectivity index (χ4v) is 3.27. The molecule has 0 heterocycles. The molecule has 6 nitrogen and oxygen atoms in total. The Balaban J connectivity index is 2.22. The number of anilines is 2. The number of nitrogens with one attached hydrogen (secondary N) is 2. The maximum atomic E-state index is 12.3. The second-order valence-electron chi connectivity index (χ2n) is 5.47. The Bertz CT molecular complexity index is 934. The molecule has 0 unspecified atom stereocenters. The summed E-state index contributed by atoms with van der Waals surface area (Å²) in [6.07, 6.45) is 1.39. The highest BCUT2D eigenvalue weighted by molar-refractivity contribution is 7.90. The van der Waals surface area contributed by atoms with Gasteiger partial charge in [0.15, 0.2) is 9.84 Å². The minimum atomic E-state index is -3.34. The first kappa shape index (κ1) is 20.2. The van der Waals surface area contributed by atoms with Crippen LogP contribution in [-0.2, 0) is 14.6 Å². The standard InChI is InChI=1S/C17H16Cl2N2O4S/c1-3-15(22)20-11-8-13(18)16(14(19)9-11)21-17(23)10-4-6-12(7-5-10)26(2,24)25/h4-9H,3H2,1-2H3,(H,20,22)(H,21,23). The summed E-state index contributed by atoms with van der Waals surface area (Å²) in [5, 5.41) is 5.53. The smallest absolute Gasteiger partial charge is 0.255 e. The van der Waals surface area contributed by atoms with Crippen LogP contribution in [0, 0.1) is 0 Å². The molecule has 0 aromatic heterocycles. The van der Waals surface area contributed by atoms with Gasteiger partial charge >= 0.3 is 0 Å². The topological polar surface area (TPSA) is 92.3 Å². The van der Waals surface area contributed by atoms with Crippen molar-refractivity contribution in [2.24, 2.45) is 0 Å². The predicted molar refractivity (Wildman–Crippen MR) is 103 cm³/mol. The summed E-state index contributed by atoms with van der Waals surface area (Å²) in [4.78, 5) is 23.9. The Morgan fingerprint density at radius 2 is 1.54 bits per heavy atom. The van der Waals surface area contributed by atoms with Crippen molar-refractivity contribution in [1.82, 2.24) is 0 Å². The number of halogens is 2. The van der Waals surface area contributed by atoms with Crippen molar-refractivity contribution in [2.45, 2.75) is 18.2 Å². The molecule has 0 saturated carbocycles. The van der Waals surface area contributed by atoms with E-state index in [0.29, 0.717) is 12.1 Å². The van der Waals surface area contributed by atoms with Crippen molar-refractivity contribution in [3.8, 4) is 0 Å². The first-order valence-corrected chi connectivity index (χ1v) is 10.2. The van der Waals surface area contributed by atoms with E-state index in [-0.39, 0.29) is 32.1 Å². The molecule has 2 rings (SSSR count). The lowest BCUT2D eigenvalue weighted by Crippen LogP contribution is -2.14. The average molecular weight is 415 g/mol. The lowest BCUT2D eigenvalue weighted by molar-refractivity contribution is -0.115. The average Bonchev–Trinajstić information content (AvgIpc) is 2.57. The molecular weight excluding hydrogens is 399 g/mol. The molecule has 0 aliphatic heterocycles. The van der Waals surface area contributed by atoms with Gasteiger partial charge in [-0.3, -0.25) is 9.59 Å². The molecule has 0 fully saturated rings. The summed E-state index contributed by atoms with van der Waals surface area (Å²) in [5.74, 6) is -0.695. The molecular formula is C17H16Cl2N2O4S. The fraction of sp³-hybridized carbons (Fsp3) is 0.176. The van der Waals surface area contributed by atoms with Gasteiger partial charge in [0.2, 0.25) is 5.91 Å². The number of carbonyl (C=O) groups excluding carboxylic acids is 2. The molecule has 2 N–H and O–H groups in total. The number of rotatable bonds is 5. The molecule has 0 saturated heterocycles. The molecule has 0 bridgehead atoms. The van der Waals surface area contributed by atoms with E-state index < -0.39 is 15.7 Å². The SMILES string of the molecule is CCC(=O)Nc1cc(Cl)c(NC(=O)c2ccc(S(C)(=O)=O)cc2)c(Cl)c1. The maximum Gasteiger partial charge on any atom is 0.255 e. The van der Waals surface area contributed by atoms with Crippen molar-refractivity contribution >= 4 is 56.2 Å². The van der Waals surface area contributed by atoms with Crippen LogP contribution < -0.4 is 10.6 Å². The van der Waals surface area contributed by atoms with Crippen molar-refractivity contribution in [2.75, 3.05) is 16.9 Å². The van der Waals surface area contributed by atoms with Gasteiger partial charge in [-0.1, -0.05) is 30.1 Å². The largest absolute Gasteiger partial charge is 0.326 e. The van der Waals surface area contributed by atoms with E-state index in [1.54, 1.807) is 6.92 Å². The van der Waals surface area contributed by atoms with E-state index in [2.05, 4.69) is 10.6 Å². The van der Waals surface area contributed by atoms with Gasteiger partial charge in [0.25, 0.3) is 5.91 Å². The predicted octanol–water partition coefficient (Wildman–Crippen LogP) is 4.00. The van der Waals surface area contributed by atoms with Crippen LogP contribution in [0.3, 0.4) is 0 Å². The van der Waals surface area contributed by atoms with Crippen LogP contribution in [-0.4, -0.2) is 26.5 Å². The van der Waals surface area contributed by atoms with Crippen LogP contribution in [0.15, 0.2) is 41.3 Å². The number of hydrogen-bond donors (Lipinski definition) is 2. The first-order chi connectivity index (χ1) is 12.1. The van der Waals surface area contributed by atoms with Crippen LogP contribution in [0.2, 0.25) is 10.0 Å². The van der Waals surface area contributed by atoms with Crippen LogP contribution in [0.4, 0.5) is 11.4 Å². The normalized spacial score (nSPS) is 11.1. The lowest BCUT2D eigenvalue weighted by Gasteiger charge is -2.12. The van der Waals surface area contributed by atoms with Gasteiger partial charge < -0.3 is 10.6 Å². The highest BCUT2D eigenvalue weighted by Gasteiger charge is 2.15. The Kier molecular flexibility index (Phi) is 6.28. The first-order valence-electron chi connectivity index (χ1n) is 7.52. The lowest BCUT2D eigenvalue weighted by atomic mass is 10.2. The molecule has 2 aromatic rings. The Labute approximate surface area is 161 Å². The van der Waals surface area contributed by atoms with Crippen LogP contribution in [0.1, 0.15) is 23.7 Å². The van der Waals surface area contributed by atoms with Crippen molar-refractivity contribution in [1.29, 1.82) is 0 Å². The van der Waals surface area contributed by atoms with Gasteiger partial charge in [-0.2, -0.15) is 0 Å². The summed E-state index contributed by atoms with van der Waals surface area (Å²) < 4.78 is 22.9. The number of benzene rings is 2. The fourth-order valence-electron chi connectivity index (χ4n) is 2.05. The molecule has 9 heteroatoms. The summed E-state index contributed by atoms with van der Waals surface area (Å²) in [7, 11) is -3.34. The molecule has 0 atom stereocenters. The number of hydrogen-bond acceptors (Lipinski definition) is 4. The zero-order valence-corrected chi connectivity index (χ0v) is 16.3. The number of amides is 2. The van der Waals surface area contributed by atoms with E-state index in [0.717, 1.165) is 6.26 Å². The molecule has 0 radical (unpaired) electrons. The quantitative estimate of drug-likeness (QED) is 0.772. The van der Waals surface area contributed by atoms with Gasteiger partial charge in [0.05, 0.1) is 20.6 Å². The van der Waals surface area contributed by atoms with Gasteiger partial charge in [-0.05, 0) is 36.4 Å². The summed E-state index contributed by atoms with van der Waals surface area (Å²) in [5.41, 5.74) is 0.857. The van der Waals surface area contributed by atoms with Gasteiger partial charge in [0.1, 0.15) is 0 Å². The highest BCUT2D eigenvalue weighted by atomic mass is 35.5. The van der Waals surface area contributed by atoms with Crippen molar-refractivity contribution < 1.29 is 18.0 Å². The number of carbonyl (C=O) groups is 2. The van der Waals surface area contributed by atoms with Gasteiger partial charge in [-0.25, -0.2) is 8.42 Å². The molecule has 0 aliphatic rings. The Morgan fingerprint density at radius 3 is 2.00 bits per heavy atom. The van der Waals surface area contributed by atoms with E-state index in [9.17, 15) is 18.0 Å². The van der Waals surface area contributed by atoms with Crippen molar-refractivity contribution in [3.05, 3.63) is 52.0 Å². The molecule has 138 valence electrons. The Hall–Kier alpha value is -2.09. The van der Waals surface area contributed by atoms with E-state index in [1.807, 2.05) is 0 Å². The molecule has 0 aliphatic carbocycles. The minimum absolute atomic E-state index is 0.112. The second kappa shape index (κ2) is 8.07. The highest BCUT2D eigenvalue weighted by Crippen LogP contribution is 2.34. The van der Waals surface area contributed by atoms with E-state index in [1.165, 1.54) is 36.4 Å². The molecule has 2 amide bonds. The minimum Gasteiger partial charge on any atom is -0.326 e. The van der Waals surface area contributed by atoms with Gasteiger partial charge in [-0.15, -0.1) is 0 Å². The van der Waals surface area contributed by atoms with E-state index in [4.69, 9.17) is 23.2 Å². The van der Waals surface area contributed by atoms with E-state index >= 15 is 0 Å². The van der Waals surface area contributed by atoms with Crippen LogP contribution in [0.25, 0.3) is 0 Å². The summed E-state index contributed by atoms with van der Waals surface area (Å²) >= 11 is 12.3. The Morgan fingerprint density at radius 1 is 1.00 bits per heavy atom. The van der Waals surface area contributed by atoms with Crippen LogP contribution >= 0.6 is 23.2 Å². The second-order valence-corrected chi connectivity index (χ2v) is 8.30. The van der Waals surface area contributed by atoms with Gasteiger partial charge in [0, 0.05) is 23.9 Å². The third-order valence-corrected chi connectivity index (χ3v) is 5.15. The monoisotopic (exact) mass is 414 g/mol. The summed E-state index contributed by atoms with van der Waals surface area (Å²) in [6.45, 7) is 1.71. The van der Waals surface area contributed by atoms with Crippen molar-refractivity contribution in [3.63, 3.8) is 0 Å². The zero-order valence-electron chi connectivity index (χ0n) is 14.0.